The number of rotatable bonds is 10. The quantitative estimate of drug-likeness (QED) is 0.490. The average molecular weight is 391 g/mol. The molecule has 0 atom stereocenters. The van der Waals surface area contributed by atoms with Crippen LogP contribution in [0.3, 0.4) is 0 Å². The van der Waals surface area contributed by atoms with Crippen molar-refractivity contribution in [2.75, 3.05) is 39.3 Å². The van der Waals surface area contributed by atoms with Gasteiger partial charge >= 0.3 is 12.0 Å². The highest BCUT2D eigenvalue weighted by Gasteiger charge is 2.20. The minimum absolute atomic E-state index is 0.0523. The van der Waals surface area contributed by atoms with Crippen LogP contribution in [0.2, 0.25) is 0 Å². The molecule has 1 heterocycles. The number of amides is 2. The molecule has 0 unspecified atom stereocenters. The molecule has 2 rings (SSSR count). The van der Waals surface area contributed by atoms with Crippen molar-refractivity contribution in [2.24, 2.45) is 0 Å². The van der Waals surface area contributed by atoms with Gasteiger partial charge in [-0.1, -0.05) is 12.1 Å². The van der Waals surface area contributed by atoms with Gasteiger partial charge in [0, 0.05) is 20.3 Å². The van der Waals surface area contributed by atoms with E-state index in [1.165, 1.54) is 18.3 Å². The van der Waals surface area contributed by atoms with Crippen molar-refractivity contribution in [3.05, 3.63) is 42.1 Å². The Kier molecular flexibility index (Phi) is 8.29. The molecular formula is C19H25N3O6. The van der Waals surface area contributed by atoms with Crippen molar-refractivity contribution in [1.82, 2.24) is 9.88 Å². The molecule has 1 aromatic carbocycles. The lowest BCUT2D eigenvalue weighted by atomic mass is 10.3. The van der Waals surface area contributed by atoms with Crippen LogP contribution < -0.4 is 10.1 Å². The number of hydrogen-bond donors (Lipinski definition) is 1. The third kappa shape index (κ3) is 5.98. The second-order valence-corrected chi connectivity index (χ2v) is 5.75. The zero-order chi connectivity index (χ0) is 20.4. The summed E-state index contributed by atoms with van der Waals surface area (Å²) in [5.41, 5.74) is 0.616. The van der Waals surface area contributed by atoms with E-state index in [1.807, 2.05) is 19.1 Å². The number of urea groups is 1. The van der Waals surface area contributed by atoms with E-state index in [0.717, 1.165) is 0 Å². The number of ether oxygens (including phenoxy) is 3. The Labute approximate surface area is 163 Å². The first-order valence-corrected chi connectivity index (χ1v) is 8.88. The lowest BCUT2D eigenvalue weighted by Crippen LogP contribution is -2.36. The molecule has 1 N–H and O–H groups in total. The fraction of sp³-hybridized carbons (Fsp3) is 0.421. The van der Waals surface area contributed by atoms with Crippen molar-refractivity contribution in [1.29, 1.82) is 0 Å². The topological polar surface area (TPSA) is 103 Å². The number of nitrogens with one attached hydrogen (secondary N) is 1. The van der Waals surface area contributed by atoms with E-state index in [0.29, 0.717) is 37.6 Å². The SMILES string of the molecule is CCOc1ccccc1NC(=O)N(CCCOC)Cc1nc(C(=O)OC)co1. The monoisotopic (exact) mass is 391 g/mol. The number of para-hydroxylation sites is 2. The van der Waals surface area contributed by atoms with E-state index < -0.39 is 5.97 Å². The molecule has 0 aliphatic heterocycles. The minimum Gasteiger partial charge on any atom is -0.492 e. The highest BCUT2D eigenvalue weighted by Crippen LogP contribution is 2.24. The number of hydrogen-bond acceptors (Lipinski definition) is 7. The van der Waals surface area contributed by atoms with Crippen LogP contribution in [-0.2, 0) is 16.0 Å². The smallest absolute Gasteiger partial charge is 0.360 e. The molecule has 0 spiro atoms. The Morgan fingerprint density at radius 2 is 2.04 bits per heavy atom. The first kappa shape index (κ1) is 21.2. The average Bonchev–Trinajstić information content (AvgIpc) is 3.17. The number of benzene rings is 1. The van der Waals surface area contributed by atoms with Gasteiger partial charge in [0.1, 0.15) is 12.0 Å². The molecule has 0 fully saturated rings. The maximum Gasteiger partial charge on any atom is 0.360 e. The highest BCUT2D eigenvalue weighted by molar-refractivity contribution is 5.91. The predicted molar refractivity (Wildman–Crippen MR) is 101 cm³/mol. The summed E-state index contributed by atoms with van der Waals surface area (Å²) >= 11 is 0. The molecule has 152 valence electrons. The summed E-state index contributed by atoms with van der Waals surface area (Å²) in [4.78, 5) is 29.9. The molecule has 2 aromatic rings. The summed E-state index contributed by atoms with van der Waals surface area (Å²) in [7, 11) is 2.86. The molecule has 0 bridgehead atoms. The Morgan fingerprint density at radius 1 is 1.25 bits per heavy atom. The van der Waals surface area contributed by atoms with E-state index in [4.69, 9.17) is 13.9 Å². The number of anilines is 1. The summed E-state index contributed by atoms with van der Waals surface area (Å²) < 4.78 is 20.5. The Balaban J connectivity index is 2.12. The molecule has 28 heavy (non-hydrogen) atoms. The van der Waals surface area contributed by atoms with Gasteiger partial charge in [0.15, 0.2) is 5.69 Å². The molecule has 0 saturated heterocycles. The predicted octanol–water partition coefficient (Wildman–Crippen LogP) is 2.93. The van der Waals surface area contributed by atoms with E-state index in [-0.39, 0.29) is 24.2 Å². The molecule has 9 nitrogen and oxygen atoms in total. The second kappa shape index (κ2) is 10.9. The molecule has 2 amide bonds. The van der Waals surface area contributed by atoms with E-state index in [2.05, 4.69) is 15.0 Å². The largest absolute Gasteiger partial charge is 0.492 e. The van der Waals surface area contributed by atoms with Crippen LogP contribution in [0.25, 0.3) is 0 Å². The normalized spacial score (nSPS) is 10.4. The molecule has 1 aromatic heterocycles. The van der Waals surface area contributed by atoms with Gasteiger partial charge in [-0.25, -0.2) is 14.6 Å². The molecule has 0 radical (unpaired) electrons. The Hall–Kier alpha value is -3.07. The summed E-state index contributed by atoms with van der Waals surface area (Å²) in [6, 6.07) is 6.84. The Bertz CT molecular complexity index is 777. The Morgan fingerprint density at radius 3 is 2.75 bits per heavy atom. The molecule has 0 saturated carbocycles. The molecular weight excluding hydrogens is 366 g/mol. The van der Waals surface area contributed by atoms with Crippen LogP contribution in [-0.4, -0.2) is 55.9 Å². The van der Waals surface area contributed by atoms with Gasteiger partial charge in [-0.05, 0) is 25.5 Å². The van der Waals surface area contributed by atoms with Crippen LogP contribution in [0.4, 0.5) is 10.5 Å². The zero-order valence-electron chi connectivity index (χ0n) is 16.3. The van der Waals surface area contributed by atoms with Crippen molar-refractivity contribution < 1.29 is 28.2 Å². The molecule has 9 heteroatoms. The maximum atomic E-state index is 12.8. The van der Waals surface area contributed by atoms with Crippen molar-refractivity contribution >= 4 is 17.7 Å². The number of nitrogens with zero attached hydrogens (tertiary/aromatic N) is 2. The van der Waals surface area contributed by atoms with Gasteiger partial charge < -0.3 is 28.8 Å². The fourth-order valence-electron chi connectivity index (χ4n) is 2.44. The van der Waals surface area contributed by atoms with Gasteiger partial charge in [-0.15, -0.1) is 0 Å². The van der Waals surface area contributed by atoms with Gasteiger partial charge in [0.05, 0.1) is 25.9 Å². The van der Waals surface area contributed by atoms with E-state index in [1.54, 1.807) is 19.2 Å². The third-order valence-corrected chi connectivity index (χ3v) is 3.76. The van der Waals surface area contributed by atoms with E-state index in [9.17, 15) is 9.59 Å². The third-order valence-electron chi connectivity index (χ3n) is 3.76. The van der Waals surface area contributed by atoms with Crippen molar-refractivity contribution in [2.45, 2.75) is 19.9 Å². The van der Waals surface area contributed by atoms with Crippen LogP contribution in [0.1, 0.15) is 29.7 Å². The zero-order valence-corrected chi connectivity index (χ0v) is 16.3. The minimum atomic E-state index is -0.601. The van der Waals surface area contributed by atoms with Crippen molar-refractivity contribution in [3.63, 3.8) is 0 Å². The summed E-state index contributed by atoms with van der Waals surface area (Å²) in [6.07, 6.45) is 1.83. The fourth-order valence-corrected chi connectivity index (χ4v) is 2.44. The van der Waals surface area contributed by atoms with E-state index >= 15 is 0 Å². The number of aromatic nitrogens is 1. The second-order valence-electron chi connectivity index (χ2n) is 5.75. The summed E-state index contributed by atoms with van der Waals surface area (Å²) in [5.74, 6) is 0.210. The standard InChI is InChI=1S/C19H25N3O6/c1-4-27-16-9-6-5-8-14(16)21-19(24)22(10-7-11-25-2)12-17-20-15(13-28-17)18(23)26-3/h5-6,8-9,13H,4,7,10-12H2,1-3H3,(H,21,24). The number of oxazole rings is 1. The van der Waals surface area contributed by atoms with Gasteiger partial charge in [0.2, 0.25) is 5.89 Å². The van der Waals surface area contributed by atoms with Gasteiger partial charge in [-0.2, -0.15) is 0 Å². The maximum absolute atomic E-state index is 12.8. The highest BCUT2D eigenvalue weighted by atomic mass is 16.5. The molecule has 0 aliphatic carbocycles. The van der Waals surface area contributed by atoms with Crippen molar-refractivity contribution in [3.8, 4) is 5.75 Å². The number of carbonyl (C=O) groups is 2. The van der Waals surface area contributed by atoms with Crippen LogP contribution in [0, 0.1) is 0 Å². The first-order chi connectivity index (χ1) is 13.6. The summed E-state index contributed by atoms with van der Waals surface area (Å²) in [6.45, 7) is 3.35. The van der Waals surface area contributed by atoms with Gasteiger partial charge in [-0.3, -0.25) is 0 Å². The first-order valence-electron chi connectivity index (χ1n) is 8.88. The van der Waals surface area contributed by atoms with Crippen LogP contribution >= 0.6 is 0 Å². The number of carbonyl (C=O) groups excluding carboxylic acids is 2. The van der Waals surface area contributed by atoms with Crippen LogP contribution in [0.15, 0.2) is 34.9 Å². The molecule has 0 aliphatic rings. The van der Waals surface area contributed by atoms with Crippen LogP contribution in [0.5, 0.6) is 5.75 Å². The lowest BCUT2D eigenvalue weighted by Gasteiger charge is -2.22. The number of esters is 1. The van der Waals surface area contributed by atoms with Gasteiger partial charge in [0.25, 0.3) is 0 Å². The summed E-state index contributed by atoms with van der Waals surface area (Å²) in [5, 5.41) is 2.84. The lowest BCUT2D eigenvalue weighted by molar-refractivity contribution is 0.0594. The number of methoxy groups -OCH3 is 2.